The minimum Gasteiger partial charge on any atom is -0.446 e. The molecule has 0 bridgehead atoms. The predicted molar refractivity (Wildman–Crippen MR) is 99.5 cm³/mol. The van der Waals surface area contributed by atoms with Gasteiger partial charge in [-0.15, -0.1) is 0 Å². The van der Waals surface area contributed by atoms with Crippen LogP contribution < -0.4 is 5.32 Å². The summed E-state index contributed by atoms with van der Waals surface area (Å²) in [6, 6.07) is 7.42. The van der Waals surface area contributed by atoms with Crippen molar-refractivity contribution >= 4 is 23.2 Å². The topological polar surface area (TPSA) is 75.4 Å². The fourth-order valence-electron chi connectivity index (χ4n) is 3.50. The highest BCUT2D eigenvalue weighted by atomic mass is 32.1. The maximum atomic E-state index is 13.0. The molecule has 136 valence electrons. The first-order valence-corrected chi connectivity index (χ1v) is 9.80. The molecule has 0 saturated heterocycles. The average Bonchev–Trinajstić information content (AvgIpc) is 3.14. The number of amides is 2. The number of thiophene rings is 1. The van der Waals surface area contributed by atoms with Crippen molar-refractivity contribution in [3.05, 3.63) is 75.6 Å². The third-order valence-corrected chi connectivity index (χ3v) is 5.70. The second-order valence-electron chi connectivity index (χ2n) is 6.91. The van der Waals surface area contributed by atoms with Gasteiger partial charge in [0.2, 0.25) is 0 Å². The summed E-state index contributed by atoms with van der Waals surface area (Å²) in [5.74, 6) is 0.504. The molecule has 0 unspecified atom stereocenters. The summed E-state index contributed by atoms with van der Waals surface area (Å²) in [4.78, 5) is 31.2. The summed E-state index contributed by atoms with van der Waals surface area (Å²) in [7, 11) is 0. The second kappa shape index (κ2) is 6.35. The van der Waals surface area contributed by atoms with E-state index in [1.54, 1.807) is 11.1 Å². The lowest BCUT2D eigenvalue weighted by Crippen LogP contribution is -2.29. The van der Waals surface area contributed by atoms with Crippen LogP contribution in [-0.4, -0.2) is 27.7 Å². The van der Waals surface area contributed by atoms with Crippen molar-refractivity contribution < 1.29 is 14.0 Å². The average molecular weight is 379 g/mol. The Hall–Kier alpha value is -2.93. The Morgan fingerprint density at radius 3 is 2.81 bits per heavy atom. The highest BCUT2D eigenvalue weighted by Gasteiger charge is 2.37. The van der Waals surface area contributed by atoms with Crippen LogP contribution in [0.2, 0.25) is 0 Å². The van der Waals surface area contributed by atoms with E-state index >= 15 is 0 Å². The molecule has 5 rings (SSSR count). The molecule has 1 aromatic carbocycles. The van der Waals surface area contributed by atoms with Gasteiger partial charge in [-0.05, 0) is 47.5 Å². The Morgan fingerprint density at radius 1 is 1.22 bits per heavy atom. The lowest BCUT2D eigenvalue weighted by Gasteiger charge is -2.23. The quantitative estimate of drug-likeness (QED) is 0.754. The molecule has 0 spiro atoms. The normalized spacial score (nSPS) is 18.4. The maximum absolute atomic E-state index is 13.0. The van der Waals surface area contributed by atoms with Gasteiger partial charge in [-0.25, -0.2) is 4.98 Å². The first-order chi connectivity index (χ1) is 13.2. The standard InChI is InChI=1S/C20H17N3O3S/c24-19(22-15-2-3-15)12-1-4-16-14(7-12)9-23(18(16)17-8-21-11-26-17)20(25)13-5-6-27-10-13/h1,4-8,10-11,15,18H,2-3,9H2,(H,22,24)/t18-/m1/s1. The van der Waals surface area contributed by atoms with Crippen LogP contribution in [0.4, 0.5) is 0 Å². The number of benzene rings is 1. The van der Waals surface area contributed by atoms with Crippen molar-refractivity contribution in [3.63, 3.8) is 0 Å². The van der Waals surface area contributed by atoms with Gasteiger partial charge >= 0.3 is 0 Å². The number of hydrogen-bond donors (Lipinski definition) is 1. The van der Waals surface area contributed by atoms with Gasteiger partial charge in [-0.2, -0.15) is 11.3 Å². The Labute approximate surface area is 159 Å². The minimum atomic E-state index is -0.338. The first kappa shape index (κ1) is 16.3. The Morgan fingerprint density at radius 2 is 2.11 bits per heavy atom. The molecule has 0 radical (unpaired) electrons. The number of nitrogens with one attached hydrogen (secondary N) is 1. The summed E-state index contributed by atoms with van der Waals surface area (Å²) < 4.78 is 5.53. The summed E-state index contributed by atoms with van der Waals surface area (Å²) in [5.41, 5.74) is 3.22. The zero-order valence-corrected chi connectivity index (χ0v) is 15.2. The SMILES string of the molecule is O=C(NC1CC1)c1ccc2c(c1)CN(C(=O)c1ccsc1)[C@H]2c1cnco1. The van der Waals surface area contributed by atoms with Crippen molar-refractivity contribution in [1.82, 2.24) is 15.2 Å². The van der Waals surface area contributed by atoms with Crippen molar-refractivity contribution in [2.24, 2.45) is 0 Å². The second-order valence-corrected chi connectivity index (χ2v) is 7.69. The number of oxazole rings is 1. The summed E-state index contributed by atoms with van der Waals surface area (Å²) in [6.07, 6.45) is 5.11. The van der Waals surface area contributed by atoms with E-state index in [2.05, 4.69) is 10.3 Å². The Balaban J connectivity index is 1.51. The molecule has 1 aliphatic heterocycles. The molecule has 1 N–H and O–H groups in total. The number of carbonyl (C=O) groups is 2. The summed E-state index contributed by atoms with van der Waals surface area (Å²) >= 11 is 1.49. The van der Waals surface area contributed by atoms with E-state index in [9.17, 15) is 9.59 Å². The monoisotopic (exact) mass is 379 g/mol. The lowest BCUT2D eigenvalue weighted by atomic mass is 10.0. The van der Waals surface area contributed by atoms with Crippen molar-refractivity contribution in [2.45, 2.75) is 31.5 Å². The van der Waals surface area contributed by atoms with Crippen LogP contribution in [0.3, 0.4) is 0 Å². The maximum Gasteiger partial charge on any atom is 0.255 e. The Bertz CT molecular complexity index is 994. The molecule has 2 aliphatic rings. The molecule has 1 fully saturated rings. The smallest absolute Gasteiger partial charge is 0.255 e. The summed E-state index contributed by atoms with van der Waals surface area (Å²) in [6.45, 7) is 0.430. The third-order valence-electron chi connectivity index (χ3n) is 5.01. The van der Waals surface area contributed by atoms with Crippen molar-refractivity contribution in [2.75, 3.05) is 0 Å². The van der Waals surface area contributed by atoms with Crippen LogP contribution in [0.15, 0.2) is 52.0 Å². The number of aromatic nitrogens is 1. The molecule has 2 amide bonds. The summed E-state index contributed by atoms with van der Waals surface area (Å²) in [5, 5.41) is 6.74. The number of rotatable bonds is 4. The highest BCUT2D eigenvalue weighted by Crippen LogP contribution is 2.40. The molecule has 3 heterocycles. The van der Waals surface area contributed by atoms with Crippen LogP contribution in [-0.2, 0) is 6.54 Å². The lowest BCUT2D eigenvalue weighted by molar-refractivity contribution is 0.0704. The van der Waals surface area contributed by atoms with Crippen LogP contribution >= 0.6 is 11.3 Å². The molecule has 1 atom stereocenters. The van der Waals surface area contributed by atoms with E-state index < -0.39 is 0 Å². The van der Waals surface area contributed by atoms with E-state index in [1.807, 2.05) is 35.0 Å². The van der Waals surface area contributed by atoms with Gasteiger partial charge in [0.25, 0.3) is 11.8 Å². The van der Waals surface area contributed by atoms with E-state index in [0.717, 1.165) is 24.0 Å². The van der Waals surface area contributed by atoms with E-state index in [-0.39, 0.29) is 17.9 Å². The van der Waals surface area contributed by atoms with Gasteiger partial charge in [-0.1, -0.05) is 6.07 Å². The van der Waals surface area contributed by atoms with Crippen LogP contribution in [0.5, 0.6) is 0 Å². The number of fused-ring (bicyclic) bond motifs is 1. The van der Waals surface area contributed by atoms with Crippen LogP contribution in [0.25, 0.3) is 0 Å². The third kappa shape index (κ3) is 2.94. The van der Waals surface area contributed by atoms with Crippen molar-refractivity contribution in [3.8, 4) is 0 Å². The largest absolute Gasteiger partial charge is 0.446 e. The number of carbonyl (C=O) groups excluding carboxylic acids is 2. The molecule has 1 aliphatic carbocycles. The zero-order valence-electron chi connectivity index (χ0n) is 14.4. The van der Waals surface area contributed by atoms with Gasteiger partial charge in [0.1, 0.15) is 6.04 Å². The molecule has 1 saturated carbocycles. The molecule has 6 nitrogen and oxygen atoms in total. The molecule has 3 aromatic rings. The van der Waals surface area contributed by atoms with Gasteiger partial charge < -0.3 is 14.6 Å². The van der Waals surface area contributed by atoms with E-state index in [0.29, 0.717) is 29.5 Å². The molecule has 2 aromatic heterocycles. The number of nitrogens with zero attached hydrogens (tertiary/aromatic N) is 2. The van der Waals surface area contributed by atoms with Crippen molar-refractivity contribution in [1.29, 1.82) is 0 Å². The molecule has 7 heteroatoms. The minimum absolute atomic E-state index is 0.0564. The molecule has 27 heavy (non-hydrogen) atoms. The zero-order chi connectivity index (χ0) is 18.4. The van der Waals surface area contributed by atoms with Gasteiger partial charge in [0.05, 0.1) is 11.8 Å². The van der Waals surface area contributed by atoms with Crippen LogP contribution in [0, 0.1) is 0 Å². The van der Waals surface area contributed by atoms with Gasteiger partial charge in [-0.3, -0.25) is 9.59 Å². The van der Waals surface area contributed by atoms with Gasteiger partial charge in [0.15, 0.2) is 12.2 Å². The van der Waals surface area contributed by atoms with Gasteiger partial charge in [0, 0.05) is 23.5 Å². The Kier molecular flexibility index (Phi) is 3.82. The molecular formula is C20H17N3O3S. The molecular weight excluding hydrogens is 362 g/mol. The van der Waals surface area contributed by atoms with E-state index in [4.69, 9.17) is 4.42 Å². The van der Waals surface area contributed by atoms with Crippen LogP contribution in [0.1, 0.15) is 56.5 Å². The first-order valence-electron chi connectivity index (χ1n) is 8.86. The predicted octanol–water partition coefficient (Wildman–Crippen LogP) is 3.37. The fraction of sp³-hybridized carbons (Fsp3) is 0.250. The fourth-order valence-corrected chi connectivity index (χ4v) is 4.13. The van der Waals surface area contributed by atoms with E-state index in [1.165, 1.54) is 17.7 Å². The number of hydrogen-bond acceptors (Lipinski definition) is 5. The highest BCUT2D eigenvalue weighted by molar-refractivity contribution is 7.08.